The van der Waals surface area contributed by atoms with Gasteiger partial charge in [-0.1, -0.05) is 60.7 Å². The SMILES string of the molecule is NC(=O)[C@@H](Cc1cccc(F)c1)NC(=O)C1c2ccccc2-c2ccccc21. The molecule has 3 aromatic rings. The molecule has 0 aromatic heterocycles. The van der Waals surface area contributed by atoms with E-state index in [0.717, 1.165) is 22.3 Å². The first-order valence-corrected chi connectivity index (χ1v) is 9.07. The number of halogens is 1. The largest absolute Gasteiger partial charge is 0.368 e. The molecule has 1 aliphatic carbocycles. The van der Waals surface area contributed by atoms with Crippen LogP contribution < -0.4 is 11.1 Å². The molecule has 5 heteroatoms. The Hall–Kier alpha value is -3.47. The Morgan fingerprint density at radius 2 is 1.54 bits per heavy atom. The molecule has 1 atom stereocenters. The van der Waals surface area contributed by atoms with E-state index < -0.39 is 23.7 Å². The van der Waals surface area contributed by atoms with E-state index in [1.54, 1.807) is 12.1 Å². The lowest BCUT2D eigenvalue weighted by atomic mass is 9.95. The normalized spacial score (nSPS) is 13.5. The minimum Gasteiger partial charge on any atom is -0.368 e. The molecule has 1 aliphatic rings. The van der Waals surface area contributed by atoms with Crippen LogP contribution in [0.15, 0.2) is 72.8 Å². The highest BCUT2D eigenvalue weighted by Gasteiger charge is 2.34. The number of amides is 2. The van der Waals surface area contributed by atoms with Gasteiger partial charge in [0.2, 0.25) is 11.8 Å². The fraction of sp³-hybridized carbons (Fsp3) is 0.130. The number of rotatable bonds is 5. The number of hydrogen-bond donors (Lipinski definition) is 2. The smallest absolute Gasteiger partial charge is 0.240 e. The summed E-state index contributed by atoms with van der Waals surface area (Å²) in [6, 6.07) is 20.5. The quantitative estimate of drug-likeness (QED) is 0.720. The zero-order valence-electron chi connectivity index (χ0n) is 15.1. The molecular formula is C23H19FN2O2. The molecule has 0 saturated heterocycles. The summed E-state index contributed by atoms with van der Waals surface area (Å²) in [6.07, 6.45) is 0.134. The monoisotopic (exact) mass is 374 g/mol. The summed E-state index contributed by atoms with van der Waals surface area (Å²) in [7, 11) is 0. The molecule has 0 bridgehead atoms. The molecule has 0 spiro atoms. The summed E-state index contributed by atoms with van der Waals surface area (Å²) in [6.45, 7) is 0. The van der Waals surface area contributed by atoms with Crippen LogP contribution >= 0.6 is 0 Å². The first-order valence-electron chi connectivity index (χ1n) is 9.07. The molecule has 0 unspecified atom stereocenters. The fourth-order valence-electron chi connectivity index (χ4n) is 3.82. The number of hydrogen-bond acceptors (Lipinski definition) is 2. The van der Waals surface area contributed by atoms with Crippen LogP contribution in [-0.4, -0.2) is 17.9 Å². The molecule has 0 heterocycles. The van der Waals surface area contributed by atoms with Crippen molar-refractivity contribution < 1.29 is 14.0 Å². The van der Waals surface area contributed by atoms with Crippen molar-refractivity contribution >= 4 is 11.8 Å². The van der Waals surface area contributed by atoms with E-state index >= 15 is 0 Å². The second kappa shape index (κ2) is 7.27. The third-order valence-corrected chi connectivity index (χ3v) is 5.08. The zero-order chi connectivity index (χ0) is 19.7. The van der Waals surface area contributed by atoms with Crippen LogP contribution in [0, 0.1) is 5.82 Å². The van der Waals surface area contributed by atoms with Crippen molar-refractivity contribution in [2.45, 2.75) is 18.4 Å². The number of carbonyl (C=O) groups excluding carboxylic acids is 2. The van der Waals surface area contributed by atoms with Crippen molar-refractivity contribution in [3.63, 3.8) is 0 Å². The summed E-state index contributed by atoms with van der Waals surface area (Å²) in [4.78, 5) is 25.1. The standard InChI is InChI=1S/C23H19FN2O2/c24-15-7-5-6-14(12-15)13-20(22(25)27)26-23(28)21-18-10-3-1-8-16(18)17-9-2-4-11-19(17)21/h1-12,20-21H,13H2,(H2,25,27)(H,26,28)/t20-/m1/s1. The maximum Gasteiger partial charge on any atom is 0.240 e. The van der Waals surface area contributed by atoms with Gasteiger partial charge in [-0.3, -0.25) is 9.59 Å². The van der Waals surface area contributed by atoms with E-state index in [-0.39, 0.29) is 12.3 Å². The molecule has 0 fully saturated rings. The lowest BCUT2D eigenvalue weighted by molar-refractivity contribution is -0.127. The maximum atomic E-state index is 13.5. The zero-order valence-corrected chi connectivity index (χ0v) is 15.1. The van der Waals surface area contributed by atoms with Crippen LogP contribution in [-0.2, 0) is 16.0 Å². The highest BCUT2D eigenvalue weighted by molar-refractivity contribution is 5.98. The summed E-state index contributed by atoms with van der Waals surface area (Å²) in [5, 5.41) is 2.77. The van der Waals surface area contributed by atoms with Crippen LogP contribution in [0.3, 0.4) is 0 Å². The van der Waals surface area contributed by atoms with Gasteiger partial charge in [-0.25, -0.2) is 4.39 Å². The third kappa shape index (κ3) is 3.27. The Bertz CT molecular complexity index is 1020. The number of fused-ring (bicyclic) bond motifs is 3. The minimum absolute atomic E-state index is 0.134. The molecule has 0 radical (unpaired) electrons. The van der Waals surface area contributed by atoms with Crippen LogP contribution in [0.1, 0.15) is 22.6 Å². The van der Waals surface area contributed by atoms with Gasteiger partial charge in [-0.2, -0.15) is 0 Å². The van der Waals surface area contributed by atoms with Gasteiger partial charge in [0.1, 0.15) is 11.9 Å². The summed E-state index contributed by atoms with van der Waals surface area (Å²) in [5.41, 5.74) is 9.93. The second-order valence-corrected chi connectivity index (χ2v) is 6.91. The van der Waals surface area contributed by atoms with Gasteiger partial charge in [-0.05, 0) is 39.9 Å². The number of carbonyl (C=O) groups is 2. The van der Waals surface area contributed by atoms with Crippen molar-refractivity contribution in [2.24, 2.45) is 5.73 Å². The molecule has 2 amide bonds. The van der Waals surface area contributed by atoms with Gasteiger partial charge in [0.05, 0.1) is 5.92 Å². The van der Waals surface area contributed by atoms with E-state index in [2.05, 4.69) is 5.32 Å². The Morgan fingerprint density at radius 1 is 0.929 bits per heavy atom. The summed E-state index contributed by atoms with van der Waals surface area (Å²) >= 11 is 0. The fourth-order valence-corrected chi connectivity index (χ4v) is 3.82. The van der Waals surface area contributed by atoms with Gasteiger partial charge in [-0.15, -0.1) is 0 Å². The summed E-state index contributed by atoms with van der Waals surface area (Å²) in [5.74, 6) is -1.86. The van der Waals surface area contributed by atoms with Crippen molar-refractivity contribution in [3.05, 3.63) is 95.3 Å². The molecule has 0 aliphatic heterocycles. The van der Waals surface area contributed by atoms with Gasteiger partial charge in [0, 0.05) is 6.42 Å². The number of benzene rings is 3. The molecular weight excluding hydrogens is 355 g/mol. The van der Waals surface area contributed by atoms with Crippen molar-refractivity contribution in [1.82, 2.24) is 5.32 Å². The molecule has 3 N–H and O–H groups in total. The van der Waals surface area contributed by atoms with E-state index in [0.29, 0.717) is 5.56 Å². The average Bonchev–Trinajstić information content (AvgIpc) is 3.02. The first kappa shape index (κ1) is 17.9. The number of primary amides is 1. The van der Waals surface area contributed by atoms with Gasteiger partial charge in [0.25, 0.3) is 0 Å². The number of nitrogens with one attached hydrogen (secondary N) is 1. The highest BCUT2D eigenvalue weighted by atomic mass is 19.1. The molecule has 4 rings (SSSR count). The van der Waals surface area contributed by atoms with E-state index in [1.165, 1.54) is 12.1 Å². The Kier molecular flexibility index (Phi) is 4.65. The Labute approximate surface area is 162 Å². The Morgan fingerprint density at radius 3 is 2.11 bits per heavy atom. The number of nitrogens with two attached hydrogens (primary N) is 1. The lowest BCUT2D eigenvalue weighted by Gasteiger charge is -2.20. The van der Waals surface area contributed by atoms with E-state index in [9.17, 15) is 14.0 Å². The van der Waals surface area contributed by atoms with Crippen LogP contribution in [0.4, 0.5) is 4.39 Å². The topological polar surface area (TPSA) is 72.2 Å². The van der Waals surface area contributed by atoms with E-state index in [4.69, 9.17) is 5.73 Å². The molecule has 140 valence electrons. The molecule has 3 aromatic carbocycles. The molecule has 28 heavy (non-hydrogen) atoms. The van der Waals surface area contributed by atoms with Crippen LogP contribution in [0.25, 0.3) is 11.1 Å². The molecule has 4 nitrogen and oxygen atoms in total. The van der Waals surface area contributed by atoms with Gasteiger partial charge in [0.15, 0.2) is 0 Å². The third-order valence-electron chi connectivity index (χ3n) is 5.08. The lowest BCUT2D eigenvalue weighted by Crippen LogP contribution is -2.47. The van der Waals surface area contributed by atoms with Crippen molar-refractivity contribution in [3.8, 4) is 11.1 Å². The van der Waals surface area contributed by atoms with Crippen LogP contribution in [0.2, 0.25) is 0 Å². The van der Waals surface area contributed by atoms with Crippen molar-refractivity contribution in [1.29, 1.82) is 0 Å². The second-order valence-electron chi connectivity index (χ2n) is 6.91. The molecule has 0 saturated carbocycles. The highest BCUT2D eigenvalue weighted by Crippen LogP contribution is 2.44. The maximum absolute atomic E-state index is 13.5. The van der Waals surface area contributed by atoms with Crippen molar-refractivity contribution in [2.75, 3.05) is 0 Å². The predicted octanol–water partition coefficient (Wildman–Crippen LogP) is 3.15. The minimum atomic E-state index is -0.922. The van der Waals surface area contributed by atoms with Gasteiger partial charge >= 0.3 is 0 Å². The van der Waals surface area contributed by atoms with E-state index in [1.807, 2.05) is 48.5 Å². The van der Waals surface area contributed by atoms with Gasteiger partial charge < -0.3 is 11.1 Å². The summed E-state index contributed by atoms with van der Waals surface area (Å²) < 4.78 is 13.5. The predicted molar refractivity (Wildman–Crippen MR) is 105 cm³/mol. The van der Waals surface area contributed by atoms with Crippen LogP contribution in [0.5, 0.6) is 0 Å². The Balaban J connectivity index is 1.62. The average molecular weight is 374 g/mol. The first-order chi connectivity index (χ1) is 13.5.